The Balaban J connectivity index is 1.74. The first-order valence-electron chi connectivity index (χ1n) is 8.14. The number of nitrogens with zero attached hydrogens (tertiary/aromatic N) is 1. The molecule has 2 saturated heterocycles. The molecule has 0 aliphatic carbocycles. The van der Waals surface area contributed by atoms with Crippen LogP contribution in [0, 0.1) is 19.3 Å². The van der Waals surface area contributed by atoms with Gasteiger partial charge in [0.25, 0.3) is 0 Å². The van der Waals surface area contributed by atoms with Crippen LogP contribution in [-0.2, 0) is 9.47 Å². The summed E-state index contributed by atoms with van der Waals surface area (Å²) in [5.41, 5.74) is 3.78. The highest BCUT2D eigenvalue weighted by Crippen LogP contribution is 2.33. The van der Waals surface area contributed by atoms with Gasteiger partial charge in [0, 0.05) is 19.1 Å². The van der Waals surface area contributed by atoms with E-state index >= 15 is 0 Å². The van der Waals surface area contributed by atoms with Gasteiger partial charge in [-0.3, -0.25) is 4.90 Å². The van der Waals surface area contributed by atoms with Crippen LogP contribution in [0.3, 0.4) is 0 Å². The van der Waals surface area contributed by atoms with Gasteiger partial charge in [-0.1, -0.05) is 23.8 Å². The van der Waals surface area contributed by atoms with Crippen LogP contribution in [0.5, 0.6) is 0 Å². The van der Waals surface area contributed by atoms with E-state index in [-0.39, 0.29) is 18.1 Å². The predicted molar refractivity (Wildman–Crippen MR) is 86.0 cm³/mol. The first-order valence-corrected chi connectivity index (χ1v) is 8.14. The van der Waals surface area contributed by atoms with Gasteiger partial charge in [-0.05, 0) is 31.9 Å². The zero-order chi connectivity index (χ0) is 15.7. The average molecular weight is 305 g/mol. The third-order valence-electron chi connectivity index (χ3n) is 5.03. The van der Waals surface area contributed by atoms with Gasteiger partial charge in [-0.2, -0.15) is 0 Å². The van der Waals surface area contributed by atoms with Gasteiger partial charge in [0.05, 0.1) is 37.9 Å². The Morgan fingerprint density at radius 3 is 2.73 bits per heavy atom. The Kier molecular flexibility index (Phi) is 4.55. The van der Waals surface area contributed by atoms with Crippen LogP contribution in [0.25, 0.3) is 0 Å². The largest absolute Gasteiger partial charge is 0.396 e. The van der Waals surface area contributed by atoms with Crippen molar-refractivity contribution in [2.45, 2.75) is 32.9 Å². The molecule has 4 heteroatoms. The minimum Gasteiger partial charge on any atom is -0.396 e. The fourth-order valence-corrected chi connectivity index (χ4v) is 3.38. The second-order valence-electron chi connectivity index (χ2n) is 7.11. The second kappa shape index (κ2) is 6.28. The standard InChI is InChI=1S/C18H27NO3/c1-13-4-5-14(2)16(6-13)17-7-19(15(3)8-22-17)9-18(10-20)11-21-12-18/h4-6,15,17,20H,7-12H2,1-3H3. The van der Waals surface area contributed by atoms with Crippen LogP contribution < -0.4 is 0 Å². The van der Waals surface area contributed by atoms with Gasteiger partial charge in [-0.25, -0.2) is 0 Å². The van der Waals surface area contributed by atoms with E-state index in [4.69, 9.17) is 9.47 Å². The molecule has 1 N–H and O–H groups in total. The molecule has 122 valence electrons. The molecule has 0 aromatic heterocycles. The highest BCUT2D eigenvalue weighted by Gasteiger charge is 2.42. The monoisotopic (exact) mass is 305 g/mol. The molecular formula is C18H27NO3. The second-order valence-corrected chi connectivity index (χ2v) is 7.11. The summed E-state index contributed by atoms with van der Waals surface area (Å²) >= 11 is 0. The SMILES string of the molecule is Cc1ccc(C)c(C2CN(CC3(CO)COC3)C(C)CO2)c1. The quantitative estimate of drug-likeness (QED) is 0.925. The first-order chi connectivity index (χ1) is 10.5. The number of aliphatic hydroxyl groups is 1. The molecule has 1 aromatic rings. The fourth-order valence-electron chi connectivity index (χ4n) is 3.38. The highest BCUT2D eigenvalue weighted by molar-refractivity contribution is 5.32. The van der Waals surface area contributed by atoms with E-state index in [0.717, 1.165) is 19.7 Å². The molecule has 0 amide bonds. The third kappa shape index (κ3) is 3.06. The maximum atomic E-state index is 9.68. The lowest BCUT2D eigenvalue weighted by molar-refractivity contribution is -0.165. The number of rotatable bonds is 4. The molecule has 2 unspecified atom stereocenters. The predicted octanol–water partition coefficient (Wildman–Crippen LogP) is 2.07. The van der Waals surface area contributed by atoms with Crippen molar-refractivity contribution in [3.8, 4) is 0 Å². The highest BCUT2D eigenvalue weighted by atomic mass is 16.5. The van der Waals surface area contributed by atoms with Gasteiger partial charge in [0.2, 0.25) is 0 Å². The summed E-state index contributed by atoms with van der Waals surface area (Å²) in [6.07, 6.45) is 0.118. The van der Waals surface area contributed by atoms with Crippen LogP contribution in [0.1, 0.15) is 29.7 Å². The van der Waals surface area contributed by atoms with Gasteiger partial charge >= 0.3 is 0 Å². The molecular weight excluding hydrogens is 278 g/mol. The van der Waals surface area contributed by atoms with Crippen molar-refractivity contribution in [3.05, 3.63) is 34.9 Å². The van der Waals surface area contributed by atoms with E-state index in [9.17, 15) is 5.11 Å². The van der Waals surface area contributed by atoms with Crippen LogP contribution in [0.15, 0.2) is 18.2 Å². The van der Waals surface area contributed by atoms with Gasteiger partial charge in [0.1, 0.15) is 0 Å². The number of hydrogen-bond acceptors (Lipinski definition) is 4. The zero-order valence-electron chi connectivity index (χ0n) is 13.8. The number of ether oxygens (including phenoxy) is 2. The number of morpholine rings is 1. The summed E-state index contributed by atoms with van der Waals surface area (Å²) in [5, 5.41) is 9.68. The molecule has 1 aromatic carbocycles. The molecule has 3 rings (SSSR count). The Bertz CT molecular complexity index is 522. The van der Waals surface area contributed by atoms with Gasteiger partial charge < -0.3 is 14.6 Å². The zero-order valence-corrected chi connectivity index (χ0v) is 13.8. The molecule has 0 bridgehead atoms. The fraction of sp³-hybridized carbons (Fsp3) is 0.667. The molecule has 2 fully saturated rings. The summed E-state index contributed by atoms with van der Waals surface area (Å²) in [5.74, 6) is 0. The molecule has 0 saturated carbocycles. The van der Waals surface area contributed by atoms with E-state index in [0.29, 0.717) is 19.3 Å². The molecule has 0 radical (unpaired) electrons. The maximum Gasteiger partial charge on any atom is 0.0955 e. The van der Waals surface area contributed by atoms with Crippen molar-refractivity contribution in [1.82, 2.24) is 4.90 Å². The molecule has 2 heterocycles. The van der Waals surface area contributed by atoms with Gasteiger partial charge in [0.15, 0.2) is 0 Å². The van der Waals surface area contributed by atoms with E-state index in [1.54, 1.807) is 0 Å². The lowest BCUT2D eigenvalue weighted by atomic mass is 9.85. The molecule has 4 nitrogen and oxygen atoms in total. The topological polar surface area (TPSA) is 41.9 Å². The molecule has 2 atom stereocenters. The molecule has 2 aliphatic rings. The lowest BCUT2D eigenvalue weighted by Crippen LogP contribution is -2.57. The van der Waals surface area contributed by atoms with Crippen LogP contribution in [0.2, 0.25) is 0 Å². The van der Waals surface area contributed by atoms with E-state index in [1.807, 2.05) is 0 Å². The van der Waals surface area contributed by atoms with E-state index in [1.165, 1.54) is 16.7 Å². The summed E-state index contributed by atoms with van der Waals surface area (Å²) in [4.78, 5) is 2.45. The minimum atomic E-state index is -0.0716. The number of hydrogen-bond donors (Lipinski definition) is 1. The van der Waals surface area contributed by atoms with Crippen molar-refractivity contribution in [2.24, 2.45) is 5.41 Å². The summed E-state index contributed by atoms with van der Waals surface area (Å²) in [6.45, 7) is 10.5. The number of aryl methyl sites for hydroxylation is 2. The Labute approximate surface area is 133 Å². The summed E-state index contributed by atoms with van der Waals surface area (Å²) in [7, 11) is 0. The van der Waals surface area contributed by atoms with Crippen molar-refractivity contribution < 1.29 is 14.6 Å². The average Bonchev–Trinajstić information content (AvgIpc) is 2.47. The molecule has 0 spiro atoms. The number of aliphatic hydroxyl groups excluding tert-OH is 1. The van der Waals surface area contributed by atoms with Gasteiger partial charge in [-0.15, -0.1) is 0 Å². The smallest absolute Gasteiger partial charge is 0.0955 e. The van der Waals surface area contributed by atoms with Crippen molar-refractivity contribution in [1.29, 1.82) is 0 Å². The molecule has 2 aliphatic heterocycles. The normalized spacial score (nSPS) is 28.4. The van der Waals surface area contributed by atoms with Crippen molar-refractivity contribution in [3.63, 3.8) is 0 Å². The first kappa shape index (κ1) is 15.9. The number of benzene rings is 1. The third-order valence-corrected chi connectivity index (χ3v) is 5.03. The maximum absolute atomic E-state index is 9.68. The Hall–Kier alpha value is -0.940. The van der Waals surface area contributed by atoms with Crippen LogP contribution in [0.4, 0.5) is 0 Å². The minimum absolute atomic E-state index is 0.0716. The molecule has 22 heavy (non-hydrogen) atoms. The van der Waals surface area contributed by atoms with E-state index in [2.05, 4.69) is 43.9 Å². The summed E-state index contributed by atoms with van der Waals surface area (Å²) in [6, 6.07) is 6.94. The van der Waals surface area contributed by atoms with Crippen LogP contribution in [-0.4, -0.2) is 55.6 Å². The van der Waals surface area contributed by atoms with Crippen LogP contribution >= 0.6 is 0 Å². The van der Waals surface area contributed by atoms with Crippen molar-refractivity contribution in [2.75, 3.05) is 39.5 Å². The van der Waals surface area contributed by atoms with Crippen molar-refractivity contribution >= 4 is 0 Å². The summed E-state index contributed by atoms with van der Waals surface area (Å²) < 4.78 is 11.4. The Morgan fingerprint density at radius 2 is 2.09 bits per heavy atom. The van der Waals surface area contributed by atoms with E-state index < -0.39 is 0 Å². The lowest BCUT2D eigenvalue weighted by Gasteiger charge is -2.47. The Morgan fingerprint density at radius 1 is 1.32 bits per heavy atom.